The van der Waals surface area contributed by atoms with Gasteiger partial charge in [-0.15, -0.1) is 0 Å². The van der Waals surface area contributed by atoms with E-state index in [0.717, 1.165) is 11.1 Å². The largest absolute Gasteiger partial charge is 0.468 e. The van der Waals surface area contributed by atoms with E-state index in [1.165, 1.54) is 11.7 Å². The number of fused-ring (bicyclic) bond motifs is 1. The average Bonchev–Trinajstić information content (AvgIpc) is 3.21. The molecule has 3 rings (SSSR count). The van der Waals surface area contributed by atoms with E-state index in [9.17, 15) is 9.59 Å². The van der Waals surface area contributed by atoms with Gasteiger partial charge >= 0.3 is 11.7 Å². The lowest BCUT2D eigenvalue weighted by Crippen LogP contribution is -2.31. The Hall–Kier alpha value is -3.66. The number of nitrogens with two attached hydrogens (primary N) is 2. The number of aryl methyl sites for hydroxylation is 1. The quantitative estimate of drug-likeness (QED) is 0.170. The Morgan fingerprint density at radius 1 is 1.21 bits per heavy atom. The predicted molar refractivity (Wildman–Crippen MR) is 137 cm³/mol. The van der Waals surface area contributed by atoms with Crippen LogP contribution in [0.5, 0.6) is 0 Å². The van der Waals surface area contributed by atoms with Gasteiger partial charge in [0.1, 0.15) is 11.7 Å². The molecule has 1 atom stereocenters. The lowest BCUT2D eigenvalue weighted by molar-refractivity contribution is -0.143. The van der Waals surface area contributed by atoms with Crippen molar-refractivity contribution in [3.05, 3.63) is 58.3 Å². The summed E-state index contributed by atoms with van der Waals surface area (Å²) < 4.78 is 6.38. The number of aromatic amines is 1. The van der Waals surface area contributed by atoms with Gasteiger partial charge in [-0.1, -0.05) is 39.8 Å². The molecule has 1 aromatic carbocycles. The highest BCUT2D eigenvalue weighted by Gasteiger charge is 2.20. The van der Waals surface area contributed by atoms with Crippen LogP contribution >= 0.6 is 0 Å². The first-order valence-electron chi connectivity index (χ1n) is 11.4. The molecule has 6 N–H and O–H groups in total. The molecule has 10 heteroatoms. The van der Waals surface area contributed by atoms with Crippen molar-refractivity contribution in [2.45, 2.75) is 47.1 Å². The Kier molecular flexibility index (Phi) is 12.1. The monoisotopic (exact) mass is 471 g/mol. The number of nitrogens with zero attached hydrogens (tertiary/aromatic N) is 3. The molecule has 0 spiro atoms. The zero-order valence-electron chi connectivity index (χ0n) is 20.9. The molecule has 10 nitrogen and oxygen atoms in total. The molecule has 0 aliphatic rings. The molecule has 186 valence electrons. The highest BCUT2D eigenvalue weighted by Crippen LogP contribution is 2.18. The fraction of sp³-hybridized carbons (Fsp3) is 0.417. The molecule has 2 heterocycles. The third-order valence-electron chi connectivity index (χ3n) is 4.56. The van der Waals surface area contributed by atoms with Crippen LogP contribution in [0.3, 0.4) is 0 Å². The van der Waals surface area contributed by atoms with Crippen LogP contribution in [0.25, 0.3) is 16.7 Å². The van der Waals surface area contributed by atoms with Crippen molar-refractivity contribution in [3.8, 4) is 5.69 Å². The molecule has 0 radical (unpaired) electrons. The molecule has 0 aliphatic heterocycles. The van der Waals surface area contributed by atoms with Gasteiger partial charge in [-0.05, 0) is 43.7 Å². The summed E-state index contributed by atoms with van der Waals surface area (Å²) >= 11 is 0. The maximum Gasteiger partial charge on any atom is 0.354 e. The topological polar surface area (TPSA) is 153 Å². The van der Waals surface area contributed by atoms with Crippen LogP contribution < -0.4 is 22.5 Å². The first-order chi connectivity index (χ1) is 16.4. The molecule has 0 unspecified atom stereocenters. The molecule has 0 bridgehead atoms. The number of methoxy groups -OCH3 is 1. The normalized spacial score (nSPS) is 10.9. The zero-order chi connectivity index (χ0) is 25.7. The molecule has 0 amide bonds. The molecule has 3 aromatic rings. The van der Waals surface area contributed by atoms with Gasteiger partial charge in [0.25, 0.3) is 0 Å². The fourth-order valence-electron chi connectivity index (χ4n) is 3.13. The molecule has 0 saturated carbocycles. The number of nitrogens with one attached hydrogen (secondary N) is 2. The number of guanidine groups is 1. The minimum atomic E-state index is -0.645. The van der Waals surface area contributed by atoms with Gasteiger partial charge in [-0.2, -0.15) is 4.98 Å². The standard InChI is InChI=1S/C20H25N7O3.2C2H6/c1-12-10-14-11-27(20(29)26-17(14)25-12)15-6-4-13(5-7-15)16(18(28)30-2)23-8-3-9-24-19(21)22;2*1-2/h4-7,10-11,16,23H,3,8-9H2,1-2H3,(H4,21,22,24)(H,25,26,29);2*1-2H3/t16-;;/m1../s1. The molecule has 0 saturated heterocycles. The molecule has 0 aliphatic carbocycles. The summed E-state index contributed by atoms with van der Waals surface area (Å²) in [6.45, 7) is 10.9. The van der Waals surface area contributed by atoms with Crippen LogP contribution in [0.15, 0.2) is 46.3 Å². The summed E-state index contributed by atoms with van der Waals surface area (Å²) in [6.07, 6.45) is 2.39. The number of benzene rings is 1. The van der Waals surface area contributed by atoms with Gasteiger partial charge in [-0.3, -0.25) is 9.56 Å². The van der Waals surface area contributed by atoms with E-state index in [1.54, 1.807) is 30.5 Å². The predicted octanol–water partition coefficient (Wildman–Crippen LogP) is 2.54. The number of carbonyl (C=O) groups excluding carboxylic acids is 1. The number of hydrogen-bond acceptors (Lipinski definition) is 6. The smallest absolute Gasteiger partial charge is 0.354 e. The second-order valence-electron chi connectivity index (χ2n) is 6.81. The number of aliphatic imine (C=N–C) groups is 1. The Balaban J connectivity index is 0.00000137. The maximum atomic E-state index is 12.4. The van der Waals surface area contributed by atoms with Crippen LogP contribution in [0.4, 0.5) is 0 Å². The van der Waals surface area contributed by atoms with Crippen LogP contribution in [0, 0.1) is 6.92 Å². The van der Waals surface area contributed by atoms with Gasteiger partial charge in [0.15, 0.2) is 5.96 Å². The van der Waals surface area contributed by atoms with Crippen LogP contribution in [-0.4, -0.2) is 46.7 Å². The summed E-state index contributed by atoms with van der Waals surface area (Å²) in [5, 5.41) is 3.99. The third-order valence-corrected chi connectivity index (χ3v) is 4.56. The van der Waals surface area contributed by atoms with Crippen molar-refractivity contribution in [1.29, 1.82) is 0 Å². The summed E-state index contributed by atoms with van der Waals surface area (Å²) in [6, 6.07) is 8.36. The second-order valence-corrected chi connectivity index (χ2v) is 6.81. The van der Waals surface area contributed by atoms with Crippen molar-refractivity contribution >= 4 is 23.0 Å². The lowest BCUT2D eigenvalue weighted by Gasteiger charge is -2.17. The Morgan fingerprint density at radius 2 is 1.85 bits per heavy atom. The summed E-state index contributed by atoms with van der Waals surface area (Å²) in [5.74, 6) is -0.375. The Morgan fingerprint density at radius 3 is 2.44 bits per heavy atom. The molecule has 0 fully saturated rings. The molecule has 34 heavy (non-hydrogen) atoms. The minimum Gasteiger partial charge on any atom is -0.468 e. The van der Waals surface area contributed by atoms with Crippen molar-refractivity contribution in [2.75, 3.05) is 20.2 Å². The maximum absolute atomic E-state index is 12.4. The minimum absolute atomic E-state index is 0.0350. The van der Waals surface area contributed by atoms with Crippen molar-refractivity contribution in [1.82, 2.24) is 19.9 Å². The number of H-pyrrole nitrogens is 1. The van der Waals surface area contributed by atoms with Crippen LogP contribution in [-0.2, 0) is 9.53 Å². The average molecular weight is 472 g/mol. The van der Waals surface area contributed by atoms with Crippen molar-refractivity contribution < 1.29 is 9.53 Å². The van der Waals surface area contributed by atoms with Gasteiger partial charge < -0.3 is 26.5 Å². The number of carbonyl (C=O) groups is 1. The van der Waals surface area contributed by atoms with E-state index in [2.05, 4.69) is 20.3 Å². The Bertz CT molecular complexity index is 1110. The summed E-state index contributed by atoms with van der Waals surface area (Å²) in [5.41, 5.74) is 13.1. The zero-order valence-corrected chi connectivity index (χ0v) is 20.9. The summed E-state index contributed by atoms with van der Waals surface area (Å²) in [7, 11) is 1.34. The second kappa shape index (κ2) is 14.5. The van der Waals surface area contributed by atoms with E-state index in [-0.39, 0.29) is 11.6 Å². The highest BCUT2D eigenvalue weighted by molar-refractivity contribution is 5.78. The molecular weight excluding hydrogens is 434 g/mol. The van der Waals surface area contributed by atoms with Gasteiger partial charge in [0.05, 0.1) is 12.8 Å². The first kappa shape index (κ1) is 28.4. The van der Waals surface area contributed by atoms with Crippen molar-refractivity contribution in [2.24, 2.45) is 16.5 Å². The van der Waals surface area contributed by atoms with E-state index in [0.29, 0.717) is 36.4 Å². The SMILES string of the molecule is CC.CC.COC(=O)[C@H](NCCCN=C(N)N)c1ccc(-n2cc3cc(C)[nH]c3nc2=O)cc1. The van der Waals surface area contributed by atoms with E-state index < -0.39 is 12.0 Å². The first-order valence-corrected chi connectivity index (χ1v) is 11.4. The van der Waals surface area contributed by atoms with Crippen molar-refractivity contribution in [3.63, 3.8) is 0 Å². The number of aromatic nitrogens is 3. The third kappa shape index (κ3) is 7.73. The molecular formula is C24H37N7O3. The van der Waals surface area contributed by atoms with E-state index in [1.807, 2.05) is 40.7 Å². The van der Waals surface area contributed by atoms with Gasteiger partial charge in [0.2, 0.25) is 0 Å². The highest BCUT2D eigenvalue weighted by atomic mass is 16.5. The van der Waals surface area contributed by atoms with Crippen LogP contribution in [0.2, 0.25) is 0 Å². The molecule has 2 aromatic heterocycles. The van der Waals surface area contributed by atoms with E-state index >= 15 is 0 Å². The Labute approximate surface area is 200 Å². The van der Waals surface area contributed by atoms with Gasteiger partial charge in [-0.25, -0.2) is 9.59 Å². The number of esters is 1. The number of hydrogen-bond donors (Lipinski definition) is 4. The van der Waals surface area contributed by atoms with E-state index in [4.69, 9.17) is 16.2 Å². The van der Waals surface area contributed by atoms with Gasteiger partial charge in [0, 0.05) is 23.8 Å². The number of rotatable bonds is 8. The fourth-order valence-corrected chi connectivity index (χ4v) is 3.13. The number of ether oxygens (including phenoxy) is 1. The lowest BCUT2D eigenvalue weighted by atomic mass is 10.1. The summed E-state index contributed by atoms with van der Waals surface area (Å²) in [4.78, 5) is 35.6. The van der Waals surface area contributed by atoms with Crippen LogP contribution in [0.1, 0.15) is 51.4 Å².